The maximum absolute atomic E-state index is 10.8. The van der Waals surface area contributed by atoms with Crippen molar-refractivity contribution in [2.24, 2.45) is 5.73 Å². The Morgan fingerprint density at radius 3 is 2.94 bits per heavy atom. The summed E-state index contributed by atoms with van der Waals surface area (Å²) >= 11 is 5.75. The number of nitrogens with one attached hydrogen (secondary N) is 1. The number of H-pyrrole nitrogens is 1. The fraction of sp³-hybridized carbons (Fsp3) is 0.182. The SMILES string of the molecule is NCCc1ncc(-c2ccc(Cl)c([N+](=O)[O-])c2)[nH]1. The molecule has 0 saturated carbocycles. The number of halogens is 1. The first kappa shape index (κ1) is 12.5. The van der Waals surface area contributed by atoms with Gasteiger partial charge in [0, 0.05) is 18.1 Å². The smallest absolute Gasteiger partial charge is 0.288 e. The molecular weight excluding hydrogens is 256 g/mol. The summed E-state index contributed by atoms with van der Waals surface area (Å²) in [6.45, 7) is 0.494. The summed E-state index contributed by atoms with van der Waals surface area (Å²) in [7, 11) is 0. The third-order valence-electron chi connectivity index (χ3n) is 2.46. The van der Waals surface area contributed by atoms with Crippen LogP contribution in [0.25, 0.3) is 11.3 Å². The molecule has 0 fully saturated rings. The van der Waals surface area contributed by atoms with E-state index in [0.717, 1.165) is 5.82 Å². The molecule has 0 aliphatic heterocycles. The first-order valence-corrected chi connectivity index (χ1v) is 5.68. The number of benzene rings is 1. The number of rotatable bonds is 4. The molecule has 2 aromatic rings. The lowest BCUT2D eigenvalue weighted by molar-refractivity contribution is -0.384. The molecule has 1 aromatic heterocycles. The summed E-state index contributed by atoms with van der Waals surface area (Å²) in [5.41, 5.74) is 6.68. The maximum Gasteiger partial charge on any atom is 0.288 e. The fourth-order valence-corrected chi connectivity index (χ4v) is 1.78. The predicted molar refractivity (Wildman–Crippen MR) is 68.4 cm³/mol. The molecule has 1 heterocycles. The normalized spacial score (nSPS) is 10.6. The highest BCUT2D eigenvalue weighted by molar-refractivity contribution is 6.32. The molecule has 94 valence electrons. The minimum atomic E-state index is -0.511. The van der Waals surface area contributed by atoms with Crippen LogP contribution in [0, 0.1) is 10.1 Å². The van der Waals surface area contributed by atoms with Gasteiger partial charge in [-0.2, -0.15) is 0 Å². The summed E-state index contributed by atoms with van der Waals surface area (Å²) in [5.74, 6) is 0.755. The van der Waals surface area contributed by atoms with Crippen molar-refractivity contribution in [3.05, 3.63) is 45.4 Å². The average Bonchev–Trinajstić information content (AvgIpc) is 2.78. The number of nitrogens with two attached hydrogens (primary N) is 1. The number of nitro groups is 1. The molecule has 0 aliphatic carbocycles. The van der Waals surface area contributed by atoms with Gasteiger partial charge in [0.15, 0.2) is 0 Å². The van der Waals surface area contributed by atoms with Crippen molar-refractivity contribution < 1.29 is 4.92 Å². The van der Waals surface area contributed by atoms with Gasteiger partial charge >= 0.3 is 0 Å². The van der Waals surface area contributed by atoms with Gasteiger partial charge in [-0.1, -0.05) is 17.7 Å². The number of aromatic nitrogens is 2. The molecule has 0 aliphatic rings. The Morgan fingerprint density at radius 1 is 1.50 bits per heavy atom. The second kappa shape index (κ2) is 5.16. The van der Waals surface area contributed by atoms with Gasteiger partial charge in [-0.25, -0.2) is 4.98 Å². The van der Waals surface area contributed by atoms with Crippen LogP contribution in [0.5, 0.6) is 0 Å². The third-order valence-corrected chi connectivity index (χ3v) is 2.78. The second-order valence-corrected chi connectivity index (χ2v) is 4.11. The molecular formula is C11H11ClN4O2. The van der Waals surface area contributed by atoms with Gasteiger partial charge in [0.25, 0.3) is 5.69 Å². The number of aromatic amines is 1. The van der Waals surface area contributed by atoms with Crippen molar-refractivity contribution in [2.45, 2.75) is 6.42 Å². The van der Waals surface area contributed by atoms with Gasteiger partial charge in [-0.15, -0.1) is 0 Å². The molecule has 2 rings (SSSR count). The van der Waals surface area contributed by atoms with Crippen LogP contribution in [0.15, 0.2) is 24.4 Å². The summed E-state index contributed by atoms with van der Waals surface area (Å²) in [5, 5.41) is 10.9. The Hall–Kier alpha value is -1.92. The van der Waals surface area contributed by atoms with Crippen LogP contribution < -0.4 is 5.73 Å². The van der Waals surface area contributed by atoms with E-state index in [-0.39, 0.29) is 10.7 Å². The highest BCUT2D eigenvalue weighted by atomic mass is 35.5. The van der Waals surface area contributed by atoms with Crippen LogP contribution in [0.4, 0.5) is 5.69 Å². The second-order valence-electron chi connectivity index (χ2n) is 3.71. The van der Waals surface area contributed by atoms with Crippen LogP contribution in [0.2, 0.25) is 5.02 Å². The van der Waals surface area contributed by atoms with Crippen molar-refractivity contribution in [3.63, 3.8) is 0 Å². The zero-order chi connectivity index (χ0) is 13.1. The van der Waals surface area contributed by atoms with Gasteiger partial charge in [0.2, 0.25) is 0 Å². The maximum atomic E-state index is 10.8. The summed E-state index contributed by atoms with van der Waals surface area (Å²) in [6, 6.07) is 4.62. The molecule has 0 saturated heterocycles. The van der Waals surface area contributed by atoms with Crippen molar-refractivity contribution in [2.75, 3.05) is 6.54 Å². The zero-order valence-electron chi connectivity index (χ0n) is 9.39. The molecule has 3 N–H and O–H groups in total. The quantitative estimate of drug-likeness (QED) is 0.654. The van der Waals surface area contributed by atoms with Crippen molar-refractivity contribution in [1.29, 1.82) is 0 Å². The Balaban J connectivity index is 2.38. The van der Waals surface area contributed by atoms with E-state index >= 15 is 0 Å². The van der Waals surface area contributed by atoms with E-state index in [1.807, 2.05) is 0 Å². The Bertz CT molecular complexity index is 582. The van der Waals surface area contributed by atoms with E-state index in [0.29, 0.717) is 24.2 Å². The van der Waals surface area contributed by atoms with E-state index < -0.39 is 4.92 Å². The van der Waals surface area contributed by atoms with Crippen LogP contribution >= 0.6 is 11.6 Å². The van der Waals surface area contributed by atoms with Crippen molar-refractivity contribution >= 4 is 17.3 Å². The Labute approximate surface area is 108 Å². The van der Waals surface area contributed by atoms with Gasteiger partial charge in [-0.05, 0) is 12.6 Å². The van der Waals surface area contributed by atoms with Crippen LogP contribution in [-0.4, -0.2) is 21.4 Å². The molecule has 0 spiro atoms. The minimum Gasteiger partial charge on any atom is -0.342 e. The average molecular weight is 267 g/mol. The first-order valence-electron chi connectivity index (χ1n) is 5.30. The largest absolute Gasteiger partial charge is 0.342 e. The van der Waals surface area contributed by atoms with Gasteiger partial charge in [0.1, 0.15) is 10.8 Å². The molecule has 6 nitrogen and oxygen atoms in total. The van der Waals surface area contributed by atoms with Gasteiger partial charge < -0.3 is 10.7 Å². The zero-order valence-corrected chi connectivity index (χ0v) is 10.1. The Kier molecular flexibility index (Phi) is 3.59. The monoisotopic (exact) mass is 266 g/mol. The Morgan fingerprint density at radius 2 is 2.28 bits per heavy atom. The molecule has 1 aromatic carbocycles. The highest BCUT2D eigenvalue weighted by Crippen LogP contribution is 2.29. The molecule has 0 atom stereocenters. The number of nitrogens with zero attached hydrogens (tertiary/aromatic N) is 2. The van der Waals surface area contributed by atoms with Gasteiger partial charge in [0.05, 0.1) is 16.8 Å². The standard InChI is InChI=1S/C11H11ClN4O2/c12-8-2-1-7(5-10(8)16(17)18)9-6-14-11(15-9)3-4-13/h1-2,5-6H,3-4,13H2,(H,14,15). The van der Waals surface area contributed by atoms with E-state index in [9.17, 15) is 10.1 Å². The molecule has 18 heavy (non-hydrogen) atoms. The first-order chi connectivity index (χ1) is 8.61. The van der Waals surface area contributed by atoms with E-state index in [4.69, 9.17) is 17.3 Å². The van der Waals surface area contributed by atoms with Crippen molar-refractivity contribution in [1.82, 2.24) is 9.97 Å². The number of nitro benzene ring substituents is 1. The highest BCUT2D eigenvalue weighted by Gasteiger charge is 2.14. The molecule has 0 amide bonds. The number of imidazole rings is 1. The van der Waals surface area contributed by atoms with Gasteiger partial charge in [-0.3, -0.25) is 10.1 Å². The minimum absolute atomic E-state index is 0.116. The number of hydrogen-bond acceptors (Lipinski definition) is 4. The summed E-state index contributed by atoms with van der Waals surface area (Å²) < 4.78 is 0. The summed E-state index contributed by atoms with van der Waals surface area (Å²) in [6.07, 6.45) is 2.26. The molecule has 0 bridgehead atoms. The molecule has 0 radical (unpaired) electrons. The topological polar surface area (TPSA) is 97.8 Å². The lowest BCUT2D eigenvalue weighted by Gasteiger charge is -1.99. The number of hydrogen-bond donors (Lipinski definition) is 2. The van der Waals surface area contributed by atoms with Crippen LogP contribution in [0.1, 0.15) is 5.82 Å². The van der Waals surface area contributed by atoms with E-state index in [1.54, 1.807) is 12.3 Å². The molecule has 7 heteroatoms. The van der Waals surface area contributed by atoms with E-state index in [1.165, 1.54) is 12.1 Å². The third kappa shape index (κ3) is 2.49. The van der Waals surface area contributed by atoms with E-state index in [2.05, 4.69) is 9.97 Å². The lowest BCUT2D eigenvalue weighted by atomic mass is 10.1. The lowest BCUT2D eigenvalue weighted by Crippen LogP contribution is -2.03. The van der Waals surface area contributed by atoms with Crippen LogP contribution in [0.3, 0.4) is 0 Å². The fourth-order valence-electron chi connectivity index (χ4n) is 1.59. The van der Waals surface area contributed by atoms with Crippen LogP contribution in [-0.2, 0) is 6.42 Å². The molecule has 0 unspecified atom stereocenters. The predicted octanol–water partition coefficient (Wildman–Crippen LogP) is 2.14. The van der Waals surface area contributed by atoms with Crippen molar-refractivity contribution in [3.8, 4) is 11.3 Å². The summed E-state index contributed by atoms with van der Waals surface area (Å²) in [4.78, 5) is 17.5.